The highest BCUT2D eigenvalue weighted by atomic mass is 16.5. The summed E-state index contributed by atoms with van der Waals surface area (Å²) in [5.74, 6) is 1.80. The van der Waals surface area contributed by atoms with E-state index in [1.54, 1.807) is 14.2 Å². The van der Waals surface area contributed by atoms with Crippen molar-refractivity contribution in [2.45, 2.75) is 45.1 Å². The van der Waals surface area contributed by atoms with E-state index in [0.29, 0.717) is 19.1 Å². The molecule has 29 heavy (non-hydrogen) atoms. The lowest BCUT2D eigenvalue weighted by Gasteiger charge is -2.32. The first-order valence-corrected chi connectivity index (χ1v) is 10.5. The van der Waals surface area contributed by atoms with E-state index >= 15 is 0 Å². The van der Waals surface area contributed by atoms with E-state index in [2.05, 4.69) is 53.8 Å². The molecule has 162 valence electrons. The van der Waals surface area contributed by atoms with E-state index in [1.807, 2.05) is 12.1 Å². The molecule has 1 aromatic rings. The summed E-state index contributed by atoms with van der Waals surface area (Å²) in [5, 5.41) is 9.63. The molecule has 1 aliphatic rings. The summed E-state index contributed by atoms with van der Waals surface area (Å²) in [6, 6.07) is 8.56. The molecule has 0 unspecified atom stereocenters. The van der Waals surface area contributed by atoms with Crippen LogP contribution in [-0.2, 0) is 10.2 Å². The van der Waals surface area contributed by atoms with Gasteiger partial charge in [0, 0.05) is 38.1 Å². The van der Waals surface area contributed by atoms with Crippen molar-refractivity contribution < 1.29 is 9.53 Å². The van der Waals surface area contributed by atoms with Crippen LogP contribution >= 0.6 is 0 Å². The van der Waals surface area contributed by atoms with Gasteiger partial charge in [0.15, 0.2) is 5.96 Å². The Hall–Kier alpha value is -2.28. The van der Waals surface area contributed by atoms with Gasteiger partial charge in [-0.05, 0) is 37.5 Å². The lowest BCUT2D eigenvalue weighted by molar-refractivity contribution is -0.122. The number of nitrogens with zero attached hydrogens (tertiary/aromatic N) is 2. The van der Waals surface area contributed by atoms with Crippen molar-refractivity contribution in [3.63, 3.8) is 0 Å². The number of ether oxygens (including phenoxy) is 1. The largest absolute Gasteiger partial charge is 0.497 e. The molecule has 2 rings (SSSR count). The van der Waals surface area contributed by atoms with Crippen LogP contribution in [0.3, 0.4) is 0 Å². The Morgan fingerprint density at radius 1 is 1.31 bits per heavy atom. The number of rotatable bonds is 8. The van der Waals surface area contributed by atoms with Gasteiger partial charge in [0.25, 0.3) is 0 Å². The number of carbonyl (C=O) groups excluding carboxylic acids is 1. The van der Waals surface area contributed by atoms with Gasteiger partial charge in [-0.3, -0.25) is 14.7 Å². The second-order valence-corrected chi connectivity index (χ2v) is 8.18. The third-order valence-corrected chi connectivity index (χ3v) is 5.40. The zero-order chi connectivity index (χ0) is 21.3. The van der Waals surface area contributed by atoms with Crippen molar-refractivity contribution in [3.05, 3.63) is 29.8 Å². The number of likely N-dealkylation sites (N-methyl/N-ethyl adjacent to an activating group) is 1. The lowest BCUT2D eigenvalue weighted by atomic mass is 9.84. The van der Waals surface area contributed by atoms with Gasteiger partial charge in [-0.15, -0.1) is 0 Å². The van der Waals surface area contributed by atoms with E-state index in [0.717, 1.165) is 44.2 Å². The van der Waals surface area contributed by atoms with E-state index in [1.165, 1.54) is 5.56 Å². The summed E-state index contributed by atoms with van der Waals surface area (Å²) >= 11 is 0. The molecular weight excluding hydrogens is 366 g/mol. The molecule has 0 bridgehead atoms. The Morgan fingerprint density at radius 2 is 2.03 bits per heavy atom. The van der Waals surface area contributed by atoms with E-state index in [4.69, 9.17) is 9.73 Å². The van der Waals surface area contributed by atoms with Gasteiger partial charge in [-0.2, -0.15) is 0 Å². The molecule has 1 amide bonds. The van der Waals surface area contributed by atoms with Gasteiger partial charge in [0.1, 0.15) is 5.75 Å². The quantitative estimate of drug-likeness (QED) is 0.455. The molecule has 1 aromatic carbocycles. The first kappa shape index (κ1) is 23.0. The summed E-state index contributed by atoms with van der Waals surface area (Å²) in [5.41, 5.74) is 1.10. The van der Waals surface area contributed by atoms with Crippen LogP contribution in [0.5, 0.6) is 5.75 Å². The number of aliphatic imine (C=N–C) groups is 1. The highest BCUT2D eigenvalue weighted by Gasteiger charge is 2.23. The number of likely N-dealkylation sites (tertiary alicyclic amines) is 1. The van der Waals surface area contributed by atoms with Crippen molar-refractivity contribution >= 4 is 11.9 Å². The predicted octanol–water partition coefficient (Wildman–Crippen LogP) is 1.74. The van der Waals surface area contributed by atoms with Crippen molar-refractivity contribution in [2.75, 3.05) is 46.9 Å². The molecule has 7 nitrogen and oxygen atoms in total. The molecule has 0 aromatic heterocycles. The number of nitrogens with one attached hydrogen (secondary N) is 3. The van der Waals surface area contributed by atoms with E-state index in [-0.39, 0.29) is 11.3 Å². The number of piperidine rings is 1. The van der Waals surface area contributed by atoms with Gasteiger partial charge >= 0.3 is 0 Å². The molecule has 1 heterocycles. The van der Waals surface area contributed by atoms with Crippen molar-refractivity contribution in [3.8, 4) is 5.75 Å². The fourth-order valence-corrected chi connectivity index (χ4v) is 3.44. The number of amides is 1. The summed E-state index contributed by atoms with van der Waals surface area (Å²) in [7, 11) is 3.38. The average Bonchev–Trinajstić information content (AvgIpc) is 2.73. The Bertz CT molecular complexity index is 682. The molecule has 3 N–H and O–H groups in total. The first-order chi connectivity index (χ1) is 13.9. The summed E-state index contributed by atoms with van der Waals surface area (Å²) in [6.07, 6.45) is 2.00. The van der Waals surface area contributed by atoms with Crippen LogP contribution < -0.4 is 20.7 Å². The van der Waals surface area contributed by atoms with Crippen molar-refractivity contribution in [1.82, 2.24) is 20.9 Å². The smallest absolute Gasteiger partial charge is 0.233 e. The Kier molecular flexibility index (Phi) is 8.76. The molecule has 1 aliphatic heterocycles. The van der Waals surface area contributed by atoms with Crippen LogP contribution in [0.15, 0.2) is 29.3 Å². The number of hydrogen-bond acceptors (Lipinski definition) is 4. The van der Waals surface area contributed by atoms with Crippen molar-refractivity contribution in [1.29, 1.82) is 0 Å². The highest BCUT2D eigenvalue weighted by molar-refractivity contribution is 5.80. The zero-order valence-electron chi connectivity index (χ0n) is 18.5. The third-order valence-electron chi connectivity index (χ3n) is 5.40. The Balaban J connectivity index is 1.94. The number of benzene rings is 1. The molecular formula is C22H37N5O2. The standard InChI is InChI=1S/C22H37N5O2/c1-6-24-21(26-18-10-12-27(13-11-18)15-20(28)23-4)25-16-22(2,3)17-8-7-9-19(14-17)29-5/h7-9,14,18H,6,10-13,15-16H2,1-5H3,(H,23,28)(H2,24,25,26). The van der Waals surface area contributed by atoms with Gasteiger partial charge in [-0.25, -0.2) is 0 Å². The average molecular weight is 404 g/mol. The van der Waals surface area contributed by atoms with E-state index < -0.39 is 0 Å². The number of carbonyl (C=O) groups is 1. The normalized spacial score (nSPS) is 16.4. The summed E-state index contributed by atoms with van der Waals surface area (Å²) < 4.78 is 5.36. The van der Waals surface area contributed by atoms with Gasteiger partial charge in [0.05, 0.1) is 20.2 Å². The molecule has 0 saturated carbocycles. The minimum Gasteiger partial charge on any atom is -0.497 e. The second kappa shape index (κ2) is 11.0. The minimum atomic E-state index is -0.103. The van der Waals surface area contributed by atoms with Crippen LogP contribution in [0, 0.1) is 0 Å². The third kappa shape index (κ3) is 7.24. The Labute approximate surface area is 175 Å². The summed E-state index contributed by atoms with van der Waals surface area (Å²) in [4.78, 5) is 18.6. The molecule has 0 atom stereocenters. The van der Waals surface area contributed by atoms with E-state index in [9.17, 15) is 4.79 Å². The molecule has 7 heteroatoms. The van der Waals surface area contributed by atoms with Crippen LogP contribution in [0.25, 0.3) is 0 Å². The maximum absolute atomic E-state index is 11.6. The SMILES string of the molecule is CCNC(=NCC(C)(C)c1cccc(OC)c1)NC1CCN(CC(=O)NC)CC1. The molecule has 0 aliphatic carbocycles. The molecule has 0 radical (unpaired) electrons. The van der Waals surface area contributed by atoms with Crippen molar-refractivity contribution in [2.24, 2.45) is 4.99 Å². The van der Waals surface area contributed by atoms with Crippen LogP contribution in [0.2, 0.25) is 0 Å². The Morgan fingerprint density at radius 3 is 2.66 bits per heavy atom. The fraction of sp³-hybridized carbons (Fsp3) is 0.636. The fourth-order valence-electron chi connectivity index (χ4n) is 3.44. The topological polar surface area (TPSA) is 78.0 Å². The lowest BCUT2D eigenvalue weighted by Crippen LogP contribution is -2.50. The highest BCUT2D eigenvalue weighted by Crippen LogP contribution is 2.26. The zero-order valence-corrected chi connectivity index (χ0v) is 18.5. The van der Waals surface area contributed by atoms with Crippen LogP contribution in [0.4, 0.5) is 0 Å². The monoisotopic (exact) mass is 403 g/mol. The number of hydrogen-bond donors (Lipinski definition) is 3. The second-order valence-electron chi connectivity index (χ2n) is 8.18. The molecule has 1 fully saturated rings. The van der Waals surface area contributed by atoms with Crippen LogP contribution in [0.1, 0.15) is 39.2 Å². The van der Waals surface area contributed by atoms with Gasteiger partial charge in [0.2, 0.25) is 5.91 Å². The maximum atomic E-state index is 11.6. The van der Waals surface area contributed by atoms with Gasteiger partial charge < -0.3 is 20.7 Å². The summed E-state index contributed by atoms with van der Waals surface area (Å²) in [6.45, 7) is 10.3. The molecule has 1 saturated heterocycles. The minimum absolute atomic E-state index is 0.0751. The number of methoxy groups -OCH3 is 1. The molecule has 0 spiro atoms. The maximum Gasteiger partial charge on any atom is 0.233 e. The number of guanidine groups is 1. The predicted molar refractivity (Wildman–Crippen MR) is 119 cm³/mol. The van der Waals surface area contributed by atoms with Gasteiger partial charge in [-0.1, -0.05) is 26.0 Å². The first-order valence-electron chi connectivity index (χ1n) is 10.5. The van der Waals surface area contributed by atoms with Crippen LogP contribution in [-0.4, -0.2) is 69.7 Å².